The molecule has 0 unspecified atom stereocenters. The maximum Gasteiger partial charge on any atom is 0.326 e. The summed E-state index contributed by atoms with van der Waals surface area (Å²) in [5, 5.41) is 20.6. The van der Waals surface area contributed by atoms with Crippen LogP contribution in [0.2, 0.25) is 0 Å². The Hall–Kier alpha value is -4.11. The summed E-state index contributed by atoms with van der Waals surface area (Å²) >= 11 is 1.48. The van der Waals surface area contributed by atoms with Crippen LogP contribution >= 0.6 is 11.8 Å². The first kappa shape index (κ1) is 36.1. The average molecular weight is 634 g/mol. The maximum atomic E-state index is 13.1. The fourth-order valence-electron chi connectivity index (χ4n) is 4.48. The number of carbonyl (C=O) groups is 6. The number of para-hydroxylation sites is 1. The molecule has 44 heavy (non-hydrogen) atoms. The van der Waals surface area contributed by atoms with Crippen molar-refractivity contribution in [1.29, 1.82) is 0 Å². The molecule has 15 heteroatoms. The molecular weight excluding hydrogens is 590 g/mol. The lowest BCUT2D eigenvalue weighted by Crippen LogP contribution is -2.55. The van der Waals surface area contributed by atoms with Gasteiger partial charge in [-0.3, -0.25) is 24.0 Å². The van der Waals surface area contributed by atoms with E-state index in [0.29, 0.717) is 24.2 Å². The summed E-state index contributed by atoms with van der Waals surface area (Å²) in [6, 6.07) is 2.93. The van der Waals surface area contributed by atoms with Gasteiger partial charge in [0.05, 0.1) is 12.6 Å². The van der Waals surface area contributed by atoms with Crippen molar-refractivity contribution in [3.8, 4) is 0 Å². The molecule has 2 aromatic rings. The van der Waals surface area contributed by atoms with E-state index in [1.807, 2.05) is 44.4 Å². The lowest BCUT2D eigenvalue weighted by molar-refractivity contribution is -0.142. The molecule has 0 spiro atoms. The first-order valence-electron chi connectivity index (χ1n) is 14.3. The summed E-state index contributed by atoms with van der Waals surface area (Å²) in [6.45, 7) is 3.30. The predicted octanol–water partition coefficient (Wildman–Crippen LogP) is -0.242. The largest absolute Gasteiger partial charge is 0.480 e. The molecule has 5 amide bonds. The van der Waals surface area contributed by atoms with Crippen molar-refractivity contribution in [2.45, 2.75) is 70.1 Å². The number of carbonyl (C=O) groups excluding carboxylic acids is 5. The molecule has 0 fully saturated rings. The fourth-order valence-corrected chi connectivity index (χ4v) is 4.95. The van der Waals surface area contributed by atoms with Crippen molar-refractivity contribution in [2.75, 3.05) is 18.6 Å². The van der Waals surface area contributed by atoms with Gasteiger partial charge in [-0.25, -0.2) is 4.79 Å². The van der Waals surface area contributed by atoms with Crippen LogP contribution in [-0.4, -0.2) is 88.3 Å². The number of fused-ring (bicyclic) bond motifs is 1. The number of aromatic nitrogens is 1. The summed E-state index contributed by atoms with van der Waals surface area (Å²) in [5.41, 5.74) is 12.7. The zero-order valence-electron chi connectivity index (χ0n) is 25.2. The summed E-state index contributed by atoms with van der Waals surface area (Å²) in [6.07, 6.45) is 3.75. The van der Waals surface area contributed by atoms with Crippen molar-refractivity contribution < 1.29 is 33.9 Å². The molecule has 242 valence electrons. The molecular formula is C29H43N7O7S. The zero-order chi connectivity index (χ0) is 32.8. The van der Waals surface area contributed by atoms with Crippen LogP contribution in [0.3, 0.4) is 0 Å². The summed E-state index contributed by atoms with van der Waals surface area (Å²) < 4.78 is 0. The number of amides is 5. The standard InChI is InChI=1S/C29H43N7O7S/c1-16(2)12-19(30)26(39)35-22(10-11-44-3)27(40)33-15-25(38)34-21(8-9-24(31)37)28(41)36-23(29(42)43)13-17-14-32-20-7-5-4-6-18(17)20/h4-7,14,16,19,21-23,32H,8-13,15,30H2,1-3H3,(H2,31,37)(H,33,40)(H,34,38)(H,35,39)(H,36,41)(H,42,43)/t19-,21-,22-,23-/m0/s1. The number of H-pyrrole nitrogens is 1. The quantitative estimate of drug-likeness (QED) is 0.102. The van der Waals surface area contributed by atoms with Gasteiger partial charge in [-0.1, -0.05) is 32.0 Å². The highest BCUT2D eigenvalue weighted by Crippen LogP contribution is 2.19. The minimum absolute atomic E-state index is 0.0401. The Kier molecular flexibility index (Phi) is 14.7. The third-order valence-electron chi connectivity index (χ3n) is 6.77. The molecule has 10 N–H and O–H groups in total. The first-order valence-corrected chi connectivity index (χ1v) is 15.7. The van der Waals surface area contributed by atoms with E-state index < -0.39 is 66.2 Å². The minimum atomic E-state index is -1.34. The van der Waals surface area contributed by atoms with E-state index in [9.17, 15) is 33.9 Å². The molecule has 0 aliphatic heterocycles. The van der Waals surface area contributed by atoms with E-state index in [0.717, 1.165) is 10.9 Å². The van der Waals surface area contributed by atoms with Crippen molar-refractivity contribution in [2.24, 2.45) is 17.4 Å². The van der Waals surface area contributed by atoms with Crippen LogP contribution in [0.25, 0.3) is 10.9 Å². The second kappa shape index (κ2) is 17.9. The third kappa shape index (κ3) is 11.9. The highest BCUT2D eigenvalue weighted by Gasteiger charge is 2.29. The Morgan fingerprint density at radius 2 is 1.59 bits per heavy atom. The molecule has 4 atom stereocenters. The topological polar surface area (TPSA) is 239 Å². The summed E-state index contributed by atoms with van der Waals surface area (Å²) in [5.74, 6) is -3.96. The van der Waals surface area contributed by atoms with E-state index >= 15 is 0 Å². The molecule has 1 aromatic carbocycles. The Morgan fingerprint density at radius 1 is 0.932 bits per heavy atom. The summed E-state index contributed by atoms with van der Waals surface area (Å²) in [7, 11) is 0. The number of rotatable bonds is 19. The number of thioether (sulfide) groups is 1. The van der Waals surface area contributed by atoms with Gasteiger partial charge < -0.3 is 42.8 Å². The van der Waals surface area contributed by atoms with Crippen LogP contribution in [-0.2, 0) is 35.2 Å². The van der Waals surface area contributed by atoms with E-state index in [1.54, 1.807) is 6.20 Å². The van der Waals surface area contributed by atoms with Gasteiger partial charge in [0.25, 0.3) is 0 Å². The summed E-state index contributed by atoms with van der Waals surface area (Å²) in [4.78, 5) is 77.8. The monoisotopic (exact) mass is 633 g/mol. The Labute approximate surface area is 260 Å². The SMILES string of the molecule is CSCC[C@H](NC(=O)[C@@H](N)CC(C)C)C(=O)NCC(=O)N[C@@H](CCC(N)=O)C(=O)N[C@@H](Cc1c[nH]c2ccccc12)C(=O)O. The van der Waals surface area contributed by atoms with Crippen LogP contribution in [0.15, 0.2) is 30.5 Å². The molecule has 1 aromatic heterocycles. The van der Waals surface area contributed by atoms with Gasteiger partial charge in [0, 0.05) is 29.9 Å². The molecule has 0 saturated heterocycles. The van der Waals surface area contributed by atoms with E-state index in [1.165, 1.54) is 11.8 Å². The molecule has 1 heterocycles. The molecule has 14 nitrogen and oxygen atoms in total. The number of hydrogen-bond donors (Lipinski definition) is 8. The van der Waals surface area contributed by atoms with Crippen molar-refractivity contribution >= 4 is 58.2 Å². The lowest BCUT2D eigenvalue weighted by Gasteiger charge is -2.23. The second-order valence-corrected chi connectivity index (χ2v) is 11.9. The van der Waals surface area contributed by atoms with Gasteiger partial charge >= 0.3 is 5.97 Å². The van der Waals surface area contributed by atoms with Gasteiger partial charge in [0.15, 0.2) is 0 Å². The predicted molar refractivity (Wildman–Crippen MR) is 167 cm³/mol. The average Bonchev–Trinajstić information content (AvgIpc) is 3.37. The molecule has 0 bridgehead atoms. The number of primary amides is 1. The molecule has 2 rings (SSSR count). The van der Waals surface area contributed by atoms with Crippen LogP contribution in [0.1, 0.15) is 45.1 Å². The maximum absolute atomic E-state index is 13.1. The Morgan fingerprint density at radius 3 is 2.23 bits per heavy atom. The zero-order valence-corrected chi connectivity index (χ0v) is 26.0. The highest BCUT2D eigenvalue weighted by atomic mass is 32.2. The Balaban J connectivity index is 2.05. The van der Waals surface area contributed by atoms with Gasteiger partial charge in [0.2, 0.25) is 29.5 Å². The van der Waals surface area contributed by atoms with Crippen LogP contribution in [0.4, 0.5) is 0 Å². The van der Waals surface area contributed by atoms with Gasteiger partial charge in [0.1, 0.15) is 18.1 Å². The number of nitrogens with two attached hydrogens (primary N) is 2. The Bertz CT molecular complexity index is 1320. The minimum Gasteiger partial charge on any atom is -0.480 e. The molecule has 0 aliphatic rings. The highest BCUT2D eigenvalue weighted by molar-refractivity contribution is 7.98. The normalized spacial score (nSPS) is 13.8. The number of aromatic amines is 1. The van der Waals surface area contributed by atoms with Crippen molar-refractivity contribution in [3.63, 3.8) is 0 Å². The van der Waals surface area contributed by atoms with Gasteiger partial charge in [-0.15, -0.1) is 0 Å². The second-order valence-electron chi connectivity index (χ2n) is 10.9. The van der Waals surface area contributed by atoms with E-state index in [2.05, 4.69) is 26.3 Å². The number of nitrogens with one attached hydrogen (secondary N) is 5. The van der Waals surface area contributed by atoms with Gasteiger partial charge in [-0.05, 0) is 48.8 Å². The smallest absolute Gasteiger partial charge is 0.326 e. The van der Waals surface area contributed by atoms with E-state index in [-0.39, 0.29) is 25.2 Å². The van der Waals surface area contributed by atoms with Crippen LogP contribution in [0, 0.1) is 5.92 Å². The van der Waals surface area contributed by atoms with Crippen molar-refractivity contribution in [3.05, 3.63) is 36.0 Å². The van der Waals surface area contributed by atoms with Gasteiger partial charge in [-0.2, -0.15) is 11.8 Å². The molecule has 0 aliphatic carbocycles. The number of aliphatic carboxylic acids is 1. The fraction of sp³-hybridized carbons (Fsp3) is 0.517. The molecule has 0 saturated carbocycles. The number of carboxylic acids is 1. The van der Waals surface area contributed by atoms with Crippen LogP contribution in [0.5, 0.6) is 0 Å². The number of carboxylic acid groups (broad SMARTS) is 1. The lowest BCUT2D eigenvalue weighted by atomic mass is 10.0. The first-order chi connectivity index (χ1) is 20.8. The van der Waals surface area contributed by atoms with Crippen LogP contribution < -0.4 is 32.7 Å². The number of benzene rings is 1. The molecule has 0 radical (unpaired) electrons. The third-order valence-corrected chi connectivity index (χ3v) is 7.42. The van der Waals surface area contributed by atoms with Crippen molar-refractivity contribution in [1.82, 2.24) is 26.3 Å². The number of hydrogen-bond acceptors (Lipinski definition) is 8. The van der Waals surface area contributed by atoms with E-state index in [4.69, 9.17) is 11.5 Å².